The largest absolute Gasteiger partial charge is 0.454 e. The van der Waals surface area contributed by atoms with Crippen LogP contribution in [0.15, 0.2) is 30.3 Å². The third-order valence-electron chi connectivity index (χ3n) is 7.13. The van der Waals surface area contributed by atoms with Crippen LogP contribution in [0.1, 0.15) is 52.4 Å². The fraction of sp³-hybridized carbons (Fsp3) is 0.625. The maximum atomic E-state index is 13.3. The number of hydrogen-bond acceptors (Lipinski definition) is 4. The van der Waals surface area contributed by atoms with Crippen molar-refractivity contribution in [3.05, 3.63) is 30.3 Å². The zero-order chi connectivity index (χ0) is 21.3. The molecule has 4 fully saturated rings. The van der Waals surface area contributed by atoms with Crippen LogP contribution in [0.3, 0.4) is 0 Å². The summed E-state index contributed by atoms with van der Waals surface area (Å²) in [5, 5.41) is 5.69. The summed E-state index contributed by atoms with van der Waals surface area (Å²) in [5.41, 5.74) is 0.335. The molecule has 30 heavy (non-hydrogen) atoms. The van der Waals surface area contributed by atoms with Crippen LogP contribution in [-0.2, 0) is 19.1 Å². The average Bonchev–Trinajstić information content (AvgIpc) is 2.69. The highest BCUT2D eigenvalue weighted by molar-refractivity contribution is 5.94. The number of anilines is 1. The number of carbonyl (C=O) groups is 3. The Labute approximate surface area is 178 Å². The molecule has 0 saturated heterocycles. The van der Waals surface area contributed by atoms with Crippen molar-refractivity contribution in [2.45, 2.75) is 58.4 Å². The molecule has 6 nitrogen and oxygen atoms in total. The first kappa shape index (κ1) is 20.9. The number of para-hydroxylation sites is 1. The molecule has 162 valence electrons. The van der Waals surface area contributed by atoms with Crippen molar-refractivity contribution in [3.63, 3.8) is 0 Å². The quantitative estimate of drug-likeness (QED) is 0.671. The summed E-state index contributed by atoms with van der Waals surface area (Å²) in [6.07, 6.45) is 6.63. The number of carbonyl (C=O) groups excluding carboxylic acids is 3. The lowest BCUT2D eigenvalue weighted by atomic mass is 9.49. The van der Waals surface area contributed by atoms with Crippen molar-refractivity contribution in [2.24, 2.45) is 29.1 Å². The molecule has 6 heteroatoms. The summed E-state index contributed by atoms with van der Waals surface area (Å²) in [4.78, 5) is 38.1. The molecule has 1 atom stereocenters. The third kappa shape index (κ3) is 4.37. The highest BCUT2D eigenvalue weighted by atomic mass is 16.5. The summed E-state index contributed by atoms with van der Waals surface area (Å²) >= 11 is 0. The van der Waals surface area contributed by atoms with Crippen molar-refractivity contribution in [3.8, 4) is 0 Å². The molecule has 4 bridgehead atoms. The van der Waals surface area contributed by atoms with Gasteiger partial charge >= 0.3 is 5.97 Å². The fourth-order valence-corrected chi connectivity index (χ4v) is 6.13. The van der Waals surface area contributed by atoms with Crippen LogP contribution in [0.25, 0.3) is 0 Å². The van der Waals surface area contributed by atoms with E-state index in [-0.39, 0.29) is 23.8 Å². The predicted octanol–water partition coefficient (Wildman–Crippen LogP) is 3.53. The molecule has 4 aliphatic carbocycles. The Morgan fingerprint density at radius 3 is 2.10 bits per heavy atom. The van der Waals surface area contributed by atoms with Crippen LogP contribution < -0.4 is 10.6 Å². The van der Waals surface area contributed by atoms with E-state index in [9.17, 15) is 14.4 Å². The van der Waals surface area contributed by atoms with Crippen molar-refractivity contribution >= 4 is 23.5 Å². The van der Waals surface area contributed by atoms with Crippen LogP contribution in [0.5, 0.6) is 0 Å². The van der Waals surface area contributed by atoms with E-state index in [1.807, 2.05) is 32.0 Å². The molecule has 0 aromatic heterocycles. The molecule has 0 radical (unpaired) electrons. The minimum absolute atomic E-state index is 0.00554. The molecule has 5 rings (SSSR count). The van der Waals surface area contributed by atoms with Crippen LogP contribution in [0.4, 0.5) is 5.69 Å². The Balaban J connectivity index is 1.33. The normalized spacial score (nSPS) is 30.0. The van der Waals surface area contributed by atoms with Gasteiger partial charge in [-0.25, -0.2) is 4.79 Å². The van der Waals surface area contributed by atoms with Gasteiger partial charge in [0.25, 0.3) is 5.91 Å². The van der Waals surface area contributed by atoms with E-state index in [4.69, 9.17) is 4.74 Å². The first-order valence-corrected chi connectivity index (χ1v) is 11.2. The Bertz CT molecular complexity index is 769. The SMILES string of the molecule is CC(C)[C@@H](NC(=O)C12CC3CC(CC(C3)C1)C2)C(=O)OCC(=O)Nc1ccccc1. The molecule has 1 aromatic carbocycles. The highest BCUT2D eigenvalue weighted by Gasteiger charge is 2.55. The molecule has 4 aliphatic rings. The number of nitrogens with one attached hydrogen (secondary N) is 2. The van der Waals surface area contributed by atoms with Crippen molar-refractivity contribution in [1.82, 2.24) is 5.32 Å². The zero-order valence-corrected chi connectivity index (χ0v) is 17.9. The lowest BCUT2D eigenvalue weighted by Gasteiger charge is -2.55. The van der Waals surface area contributed by atoms with Crippen LogP contribution in [-0.4, -0.2) is 30.4 Å². The van der Waals surface area contributed by atoms with E-state index < -0.39 is 17.9 Å². The van der Waals surface area contributed by atoms with E-state index in [2.05, 4.69) is 10.6 Å². The molecule has 1 aromatic rings. The predicted molar refractivity (Wildman–Crippen MR) is 113 cm³/mol. The molecule has 0 aliphatic heterocycles. The second-order valence-electron chi connectivity index (χ2n) is 9.91. The third-order valence-corrected chi connectivity index (χ3v) is 7.13. The molecule has 2 N–H and O–H groups in total. The van der Waals surface area contributed by atoms with E-state index in [1.165, 1.54) is 19.3 Å². The number of hydrogen-bond donors (Lipinski definition) is 2. The Kier molecular flexibility index (Phi) is 5.85. The van der Waals surface area contributed by atoms with Gasteiger partial charge in [0.15, 0.2) is 6.61 Å². The Morgan fingerprint density at radius 1 is 1.00 bits per heavy atom. The van der Waals surface area contributed by atoms with Gasteiger partial charge in [0, 0.05) is 11.1 Å². The van der Waals surface area contributed by atoms with Gasteiger partial charge in [0.1, 0.15) is 6.04 Å². The van der Waals surface area contributed by atoms with Crippen molar-refractivity contribution in [1.29, 1.82) is 0 Å². The number of amides is 2. The minimum Gasteiger partial charge on any atom is -0.454 e. The second-order valence-corrected chi connectivity index (χ2v) is 9.91. The number of ether oxygens (including phenoxy) is 1. The Hall–Kier alpha value is -2.37. The summed E-state index contributed by atoms with van der Waals surface area (Å²) in [6, 6.07) is 8.28. The van der Waals surface area contributed by atoms with Crippen LogP contribution in [0.2, 0.25) is 0 Å². The van der Waals surface area contributed by atoms with Gasteiger partial charge in [-0.05, 0) is 74.3 Å². The summed E-state index contributed by atoms with van der Waals surface area (Å²) in [6.45, 7) is 3.40. The lowest BCUT2D eigenvalue weighted by Crippen LogP contribution is -2.57. The first-order chi connectivity index (χ1) is 14.3. The van der Waals surface area contributed by atoms with E-state index >= 15 is 0 Å². The summed E-state index contributed by atoms with van der Waals surface area (Å²) in [5.74, 6) is 0.920. The highest BCUT2D eigenvalue weighted by Crippen LogP contribution is 2.60. The molecule has 4 saturated carbocycles. The molecule has 0 spiro atoms. The molecule has 0 heterocycles. The molecular weight excluding hydrogens is 380 g/mol. The molecule has 0 unspecified atom stereocenters. The zero-order valence-electron chi connectivity index (χ0n) is 17.9. The van der Waals surface area contributed by atoms with Gasteiger partial charge in [-0.1, -0.05) is 32.0 Å². The fourth-order valence-electron chi connectivity index (χ4n) is 6.13. The van der Waals surface area contributed by atoms with Gasteiger partial charge in [0.05, 0.1) is 0 Å². The van der Waals surface area contributed by atoms with Gasteiger partial charge in [-0.3, -0.25) is 9.59 Å². The average molecular weight is 413 g/mol. The molecule has 2 amide bonds. The van der Waals surface area contributed by atoms with E-state index in [0.717, 1.165) is 19.3 Å². The van der Waals surface area contributed by atoms with Gasteiger partial charge in [-0.15, -0.1) is 0 Å². The van der Waals surface area contributed by atoms with Gasteiger partial charge in [-0.2, -0.15) is 0 Å². The summed E-state index contributed by atoms with van der Waals surface area (Å²) in [7, 11) is 0. The van der Waals surface area contributed by atoms with Crippen molar-refractivity contribution < 1.29 is 19.1 Å². The maximum Gasteiger partial charge on any atom is 0.329 e. The summed E-state index contributed by atoms with van der Waals surface area (Å²) < 4.78 is 5.25. The second kappa shape index (κ2) is 8.40. The van der Waals surface area contributed by atoms with E-state index in [1.54, 1.807) is 12.1 Å². The minimum atomic E-state index is -0.741. The van der Waals surface area contributed by atoms with Gasteiger partial charge < -0.3 is 15.4 Å². The molecular formula is C24H32N2O4. The number of rotatable bonds is 7. The monoisotopic (exact) mass is 412 g/mol. The van der Waals surface area contributed by atoms with Crippen molar-refractivity contribution in [2.75, 3.05) is 11.9 Å². The topological polar surface area (TPSA) is 84.5 Å². The Morgan fingerprint density at radius 2 is 1.57 bits per heavy atom. The number of esters is 1. The van der Waals surface area contributed by atoms with E-state index in [0.29, 0.717) is 23.4 Å². The maximum absolute atomic E-state index is 13.3. The first-order valence-electron chi connectivity index (χ1n) is 11.2. The standard InChI is InChI=1S/C24H32N2O4/c1-15(2)21(22(28)30-14-20(27)25-19-6-4-3-5-7-19)26-23(29)24-11-16-8-17(12-24)10-18(9-16)13-24/h3-7,15-18,21H,8-14H2,1-2H3,(H,25,27)(H,26,29)/t16?,17?,18?,21-,24?/m1/s1. The number of benzene rings is 1. The lowest BCUT2D eigenvalue weighted by molar-refractivity contribution is -0.156. The van der Waals surface area contributed by atoms with Crippen LogP contribution >= 0.6 is 0 Å². The van der Waals surface area contributed by atoms with Gasteiger partial charge in [0.2, 0.25) is 5.91 Å². The smallest absolute Gasteiger partial charge is 0.329 e. The van der Waals surface area contributed by atoms with Crippen LogP contribution in [0, 0.1) is 29.1 Å².